The summed E-state index contributed by atoms with van der Waals surface area (Å²) in [6, 6.07) is 3.99. The minimum atomic E-state index is -0.201. The molecule has 2 amide bonds. The van der Waals surface area contributed by atoms with E-state index in [1.165, 1.54) is 0 Å². The molecule has 1 aliphatic heterocycles. The summed E-state index contributed by atoms with van der Waals surface area (Å²) >= 11 is 0. The summed E-state index contributed by atoms with van der Waals surface area (Å²) < 4.78 is 5.22. The molecule has 18 heavy (non-hydrogen) atoms. The van der Waals surface area contributed by atoms with Crippen LogP contribution in [-0.4, -0.2) is 29.3 Å². The Balaban J connectivity index is 1.57. The van der Waals surface area contributed by atoms with Gasteiger partial charge in [-0.05, 0) is 25.0 Å². The summed E-state index contributed by atoms with van der Waals surface area (Å²) in [5.74, 6) is 0.606. The van der Waals surface area contributed by atoms with Gasteiger partial charge in [-0.1, -0.05) is 0 Å². The van der Waals surface area contributed by atoms with E-state index in [9.17, 15) is 9.59 Å². The summed E-state index contributed by atoms with van der Waals surface area (Å²) in [7, 11) is 0. The predicted octanol–water partition coefficient (Wildman–Crippen LogP) is 0.907. The van der Waals surface area contributed by atoms with Crippen LogP contribution in [0.15, 0.2) is 22.8 Å². The van der Waals surface area contributed by atoms with Crippen molar-refractivity contribution in [3.05, 3.63) is 24.2 Å². The van der Waals surface area contributed by atoms with Crippen molar-refractivity contribution in [2.45, 2.75) is 31.8 Å². The lowest BCUT2D eigenvalue weighted by atomic mass is 10.1. The van der Waals surface area contributed by atoms with E-state index in [-0.39, 0.29) is 17.7 Å². The Bertz CT molecular complexity index is 451. The second-order valence-electron chi connectivity index (χ2n) is 5.04. The lowest BCUT2D eigenvalue weighted by Crippen LogP contribution is -2.34. The molecule has 1 aromatic rings. The third-order valence-electron chi connectivity index (χ3n) is 3.44. The third kappa shape index (κ3) is 2.39. The summed E-state index contributed by atoms with van der Waals surface area (Å²) in [6.45, 7) is 0.955. The van der Waals surface area contributed by atoms with Crippen molar-refractivity contribution in [2.24, 2.45) is 5.92 Å². The lowest BCUT2D eigenvalue weighted by molar-refractivity contribution is -0.129. The van der Waals surface area contributed by atoms with Crippen molar-refractivity contribution in [2.75, 3.05) is 6.54 Å². The van der Waals surface area contributed by atoms with E-state index in [4.69, 9.17) is 4.42 Å². The van der Waals surface area contributed by atoms with Gasteiger partial charge in [0.1, 0.15) is 5.76 Å². The van der Waals surface area contributed by atoms with Crippen LogP contribution in [0.5, 0.6) is 0 Å². The molecule has 2 fully saturated rings. The van der Waals surface area contributed by atoms with Crippen molar-refractivity contribution in [3.8, 4) is 0 Å². The molecule has 96 valence electrons. The molecule has 1 aliphatic carbocycles. The third-order valence-corrected chi connectivity index (χ3v) is 3.44. The second kappa shape index (κ2) is 4.48. The predicted molar refractivity (Wildman–Crippen MR) is 63.4 cm³/mol. The first-order valence-corrected chi connectivity index (χ1v) is 6.33. The average Bonchev–Trinajstić information content (AvgIpc) is 2.87. The maximum Gasteiger partial charge on any atom is 0.225 e. The largest absolute Gasteiger partial charge is 0.467 e. The number of hydrogen-bond acceptors (Lipinski definition) is 3. The van der Waals surface area contributed by atoms with E-state index >= 15 is 0 Å². The van der Waals surface area contributed by atoms with Gasteiger partial charge >= 0.3 is 0 Å². The molecule has 0 aromatic carbocycles. The molecule has 2 aliphatic rings. The van der Waals surface area contributed by atoms with E-state index in [0.717, 1.165) is 18.6 Å². The molecule has 1 saturated carbocycles. The zero-order chi connectivity index (χ0) is 12.5. The van der Waals surface area contributed by atoms with Gasteiger partial charge in [-0.2, -0.15) is 0 Å². The Morgan fingerprint density at radius 2 is 2.33 bits per heavy atom. The number of amides is 2. The van der Waals surface area contributed by atoms with Crippen molar-refractivity contribution < 1.29 is 14.0 Å². The van der Waals surface area contributed by atoms with Gasteiger partial charge in [0.05, 0.1) is 18.7 Å². The van der Waals surface area contributed by atoms with Crippen LogP contribution in [0, 0.1) is 5.92 Å². The molecule has 0 radical (unpaired) electrons. The highest BCUT2D eigenvalue weighted by molar-refractivity contribution is 5.89. The lowest BCUT2D eigenvalue weighted by Gasteiger charge is -2.14. The molecule has 5 heteroatoms. The van der Waals surface area contributed by atoms with Gasteiger partial charge in [0, 0.05) is 19.0 Å². The number of rotatable bonds is 4. The molecule has 1 atom stereocenters. The Hall–Kier alpha value is -1.78. The maximum absolute atomic E-state index is 11.9. The maximum atomic E-state index is 11.9. The fraction of sp³-hybridized carbons (Fsp3) is 0.538. The molecule has 3 rings (SSSR count). The number of hydrogen-bond donors (Lipinski definition) is 1. The summed E-state index contributed by atoms with van der Waals surface area (Å²) in [4.78, 5) is 25.4. The quantitative estimate of drug-likeness (QED) is 0.861. The molecule has 1 aromatic heterocycles. The number of carbonyl (C=O) groups excluding carboxylic acids is 2. The van der Waals surface area contributed by atoms with E-state index in [0.29, 0.717) is 25.6 Å². The molecule has 5 nitrogen and oxygen atoms in total. The first-order chi connectivity index (χ1) is 8.72. The average molecular weight is 248 g/mol. The van der Waals surface area contributed by atoms with E-state index in [2.05, 4.69) is 5.32 Å². The van der Waals surface area contributed by atoms with Gasteiger partial charge in [-0.3, -0.25) is 9.59 Å². The number of likely N-dealkylation sites (tertiary alicyclic amines) is 1. The van der Waals surface area contributed by atoms with Crippen LogP contribution in [0.2, 0.25) is 0 Å². The molecule has 1 N–H and O–H groups in total. The molecule has 1 unspecified atom stereocenters. The van der Waals surface area contributed by atoms with Crippen molar-refractivity contribution in [1.82, 2.24) is 10.2 Å². The fourth-order valence-electron chi connectivity index (χ4n) is 2.24. The molecular weight excluding hydrogens is 232 g/mol. The Morgan fingerprint density at radius 1 is 1.50 bits per heavy atom. The van der Waals surface area contributed by atoms with Crippen molar-refractivity contribution in [3.63, 3.8) is 0 Å². The summed E-state index contributed by atoms with van der Waals surface area (Å²) in [5, 5.41) is 2.95. The number of nitrogens with zero attached hydrogens (tertiary/aromatic N) is 1. The molecule has 0 bridgehead atoms. The normalized spacial score (nSPS) is 23.4. The van der Waals surface area contributed by atoms with Crippen LogP contribution in [0.4, 0.5) is 0 Å². The Morgan fingerprint density at radius 3 is 3.00 bits per heavy atom. The highest BCUT2D eigenvalue weighted by Crippen LogP contribution is 2.23. The van der Waals surface area contributed by atoms with Crippen molar-refractivity contribution >= 4 is 11.8 Å². The Kier molecular flexibility index (Phi) is 2.81. The van der Waals surface area contributed by atoms with Gasteiger partial charge in [-0.15, -0.1) is 0 Å². The number of nitrogens with one attached hydrogen (secondary N) is 1. The van der Waals surface area contributed by atoms with Gasteiger partial charge in [-0.25, -0.2) is 0 Å². The summed E-state index contributed by atoms with van der Waals surface area (Å²) in [5.41, 5.74) is 0. The Labute approximate surface area is 105 Å². The smallest absolute Gasteiger partial charge is 0.225 e. The van der Waals surface area contributed by atoms with Gasteiger partial charge in [0.15, 0.2) is 0 Å². The van der Waals surface area contributed by atoms with Crippen LogP contribution in [0.1, 0.15) is 25.0 Å². The van der Waals surface area contributed by atoms with Crippen LogP contribution in [0.25, 0.3) is 0 Å². The van der Waals surface area contributed by atoms with Crippen LogP contribution < -0.4 is 5.32 Å². The second-order valence-corrected chi connectivity index (χ2v) is 5.04. The van der Waals surface area contributed by atoms with E-state index in [1.54, 1.807) is 17.2 Å². The molecule has 0 spiro atoms. The van der Waals surface area contributed by atoms with Crippen LogP contribution in [0.3, 0.4) is 0 Å². The van der Waals surface area contributed by atoms with Gasteiger partial charge in [0.2, 0.25) is 11.8 Å². The zero-order valence-electron chi connectivity index (χ0n) is 10.1. The number of carbonyl (C=O) groups is 2. The molecule has 1 saturated heterocycles. The first-order valence-electron chi connectivity index (χ1n) is 6.33. The van der Waals surface area contributed by atoms with Crippen molar-refractivity contribution in [1.29, 1.82) is 0 Å². The highest BCUT2D eigenvalue weighted by Gasteiger charge is 2.36. The molecule has 2 heterocycles. The minimum absolute atomic E-state index is 0.0211. The topological polar surface area (TPSA) is 62.6 Å². The van der Waals surface area contributed by atoms with Crippen LogP contribution >= 0.6 is 0 Å². The zero-order valence-corrected chi connectivity index (χ0v) is 10.1. The van der Waals surface area contributed by atoms with Gasteiger partial charge in [0.25, 0.3) is 0 Å². The minimum Gasteiger partial charge on any atom is -0.467 e. The highest BCUT2D eigenvalue weighted by atomic mass is 16.3. The standard InChI is InChI=1S/C13H16N2O3/c16-12-6-9(13(17)14-10-3-4-10)7-15(12)8-11-2-1-5-18-11/h1-2,5,9-10H,3-4,6-8H2,(H,14,17). The van der Waals surface area contributed by atoms with Crippen LogP contribution in [-0.2, 0) is 16.1 Å². The summed E-state index contributed by atoms with van der Waals surface area (Å²) in [6.07, 6.45) is 4.05. The van der Waals surface area contributed by atoms with E-state index in [1.807, 2.05) is 6.07 Å². The SMILES string of the molecule is O=C(NC1CC1)C1CC(=O)N(Cc2ccco2)C1. The van der Waals surface area contributed by atoms with Gasteiger partial charge < -0.3 is 14.6 Å². The fourth-order valence-corrected chi connectivity index (χ4v) is 2.24. The number of furan rings is 1. The van der Waals surface area contributed by atoms with E-state index < -0.39 is 0 Å². The monoisotopic (exact) mass is 248 g/mol. The first kappa shape index (κ1) is 11.3. The molecular formula is C13H16N2O3.